The monoisotopic (exact) mass is 429 g/mol. The fourth-order valence-electron chi connectivity index (χ4n) is 2.29. The average Bonchev–Trinajstić information content (AvgIpc) is 2.46. The van der Waals surface area contributed by atoms with Crippen molar-refractivity contribution in [3.8, 4) is 0 Å². The maximum absolute atomic E-state index is 6.40. The Hall–Kier alpha value is -0.350. The SMILES string of the molecule is CCCNC(Cc1cccc(Br)c1)c1cc(Br)ccc1Cl. The molecule has 112 valence electrons. The van der Waals surface area contributed by atoms with Crippen LogP contribution in [0.3, 0.4) is 0 Å². The smallest absolute Gasteiger partial charge is 0.0454 e. The number of halogens is 3. The maximum atomic E-state index is 6.40. The van der Waals surface area contributed by atoms with Crippen molar-refractivity contribution in [2.45, 2.75) is 25.8 Å². The Morgan fingerprint density at radius 1 is 1.10 bits per heavy atom. The summed E-state index contributed by atoms with van der Waals surface area (Å²) in [6, 6.07) is 14.7. The molecule has 0 spiro atoms. The molecule has 1 nitrogen and oxygen atoms in total. The summed E-state index contributed by atoms with van der Waals surface area (Å²) < 4.78 is 2.16. The van der Waals surface area contributed by atoms with Gasteiger partial charge < -0.3 is 5.32 Å². The van der Waals surface area contributed by atoms with E-state index in [0.717, 1.165) is 38.9 Å². The van der Waals surface area contributed by atoms with Crippen molar-refractivity contribution in [1.29, 1.82) is 0 Å². The van der Waals surface area contributed by atoms with Crippen LogP contribution in [0.4, 0.5) is 0 Å². The van der Waals surface area contributed by atoms with E-state index in [1.807, 2.05) is 18.2 Å². The van der Waals surface area contributed by atoms with Gasteiger partial charge in [0.1, 0.15) is 0 Å². The van der Waals surface area contributed by atoms with Crippen molar-refractivity contribution >= 4 is 43.5 Å². The van der Waals surface area contributed by atoms with Gasteiger partial charge in [-0.3, -0.25) is 0 Å². The molecule has 2 aromatic rings. The molecular weight excluding hydrogens is 413 g/mol. The Morgan fingerprint density at radius 2 is 1.86 bits per heavy atom. The van der Waals surface area contributed by atoms with Gasteiger partial charge in [-0.15, -0.1) is 0 Å². The van der Waals surface area contributed by atoms with Crippen molar-refractivity contribution in [2.24, 2.45) is 0 Å². The molecule has 0 radical (unpaired) electrons. The van der Waals surface area contributed by atoms with Crippen molar-refractivity contribution in [3.63, 3.8) is 0 Å². The molecule has 0 bridgehead atoms. The first-order valence-corrected chi connectivity index (χ1v) is 8.99. The van der Waals surface area contributed by atoms with Crippen LogP contribution in [0.5, 0.6) is 0 Å². The van der Waals surface area contributed by atoms with E-state index in [0.29, 0.717) is 0 Å². The lowest BCUT2D eigenvalue weighted by Crippen LogP contribution is -2.24. The predicted octanol–water partition coefficient (Wildman–Crippen LogP) is 6.15. The quantitative estimate of drug-likeness (QED) is 0.579. The highest BCUT2D eigenvalue weighted by molar-refractivity contribution is 9.10. The molecule has 2 aromatic carbocycles. The molecule has 0 saturated heterocycles. The van der Waals surface area contributed by atoms with E-state index in [4.69, 9.17) is 11.6 Å². The summed E-state index contributed by atoms with van der Waals surface area (Å²) in [6.45, 7) is 3.15. The van der Waals surface area contributed by atoms with E-state index < -0.39 is 0 Å². The van der Waals surface area contributed by atoms with Crippen LogP contribution in [0, 0.1) is 0 Å². The highest BCUT2D eigenvalue weighted by Crippen LogP contribution is 2.29. The van der Waals surface area contributed by atoms with Gasteiger partial charge in [0.15, 0.2) is 0 Å². The van der Waals surface area contributed by atoms with Crippen LogP contribution in [0.1, 0.15) is 30.5 Å². The summed E-state index contributed by atoms with van der Waals surface area (Å²) in [5.41, 5.74) is 2.42. The molecule has 1 unspecified atom stereocenters. The van der Waals surface area contributed by atoms with Gasteiger partial charge in [-0.1, -0.05) is 62.5 Å². The van der Waals surface area contributed by atoms with E-state index in [2.05, 4.69) is 68.4 Å². The summed E-state index contributed by atoms with van der Waals surface area (Å²) in [5, 5.41) is 4.41. The van der Waals surface area contributed by atoms with E-state index in [-0.39, 0.29) is 6.04 Å². The molecule has 1 atom stereocenters. The minimum atomic E-state index is 0.212. The standard InChI is InChI=1S/C17H18Br2ClN/c1-2-8-21-17(10-12-4-3-5-13(18)9-12)15-11-14(19)6-7-16(15)20/h3-7,9,11,17,21H,2,8,10H2,1H3. The molecule has 0 heterocycles. The highest BCUT2D eigenvalue weighted by Gasteiger charge is 2.15. The molecular formula is C17H18Br2ClN. The van der Waals surface area contributed by atoms with Crippen LogP contribution in [0.15, 0.2) is 51.4 Å². The lowest BCUT2D eigenvalue weighted by Gasteiger charge is -2.21. The third-order valence-corrected chi connectivity index (χ3v) is 4.63. The lowest BCUT2D eigenvalue weighted by atomic mass is 9.98. The number of hydrogen-bond acceptors (Lipinski definition) is 1. The summed E-state index contributed by atoms with van der Waals surface area (Å²) in [6.07, 6.45) is 2.01. The van der Waals surface area contributed by atoms with E-state index in [1.54, 1.807) is 0 Å². The zero-order valence-corrected chi connectivity index (χ0v) is 15.8. The third kappa shape index (κ3) is 5.10. The minimum Gasteiger partial charge on any atom is -0.310 e. The molecule has 4 heteroatoms. The van der Waals surface area contributed by atoms with Gasteiger partial charge in [-0.05, 0) is 60.8 Å². The molecule has 0 fully saturated rings. The molecule has 0 saturated carbocycles. The van der Waals surface area contributed by atoms with Gasteiger partial charge in [-0.25, -0.2) is 0 Å². The first-order valence-electron chi connectivity index (χ1n) is 7.03. The fourth-order valence-corrected chi connectivity index (χ4v) is 3.37. The van der Waals surface area contributed by atoms with Gasteiger partial charge in [0.2, 0.25) is 0 Å². The second kappa shape index (κ2) is 8.33. The van der Waals surface area contributed by atoms with Gasteiger partial charge >= 0.3 is 0 Å². The van der Waals surface area contributed by atoms with Crippen molar-refractivity contribution in [1.82, 2.24) is 5.32 Å². The second-order valence-electron chi connectivity index (χ2n) is 5.01. The fraction of sp³-hybridized carbons (Fsp3) is 0.294. The number of benzene rings is 2. The summed E-state index contributed by atoms with van der Waals surface area (Å²) in [7, 11) is 0. The number of hydrogen-bond donors (Lipinski definition) is 1. The van der Waals surface area contributed by atoms with Crippen molar-refractivity contribution in [2.75, 3.05) is 6.54 Å². The van der Waals surface area contributed by atoms with Gasteiger partial charge in [-0.2, -0.15) is 0 Å². The average molecular weight is 432 g/mol. The minimum absolute atomic E-state index is 0.212. The summed E-state index contributed by atoms with van der Waals surface area (Å²) >= 11 is 13.5. The number of nitrogens with one attached hydrogen (secondary N) is 1. The van der Waals surface area contributed by atoms with E-state index in [9.17, 15) is 0 Å². The Bertz CT molecular complexity index is 601. The van der Waals surface area contributed by atoms with Crippen molar-refractivity contribution < 1.29 is 0 Å². The second-order valence-corrected chi connectivity index (χ2v) is 7.25. The van der Waals surface area contributed by atoms with Crippen LogP contribution in [0.25, 0.3) is 0 Å². The molecule has 0 aliphatic carbocycles. The maximum Gasteiger partial charge on any atom is 0.0454 e. The Morgan fingerprint density at radius 3 is 2.57 bits per heavy atom. The number of rotatable bonds is 6. The first kappa shape index (κ1) is 17.0. The largest absolute Gasteiger partial charge is 0.310 e. The van der Waals surface area contributed by atoms with Crippen LogP contribution in [0.2, 0.25) is 5.02 Å². The Labute approximate surface area is 148 Å². The Balaban J connectivity index is 2.27. The normalized spacial score (nSPS) is 12.4. The van der Waals surface area contributed by atoms with E-state index in [1.165, 1.54) is 5.56 Å². The first-order chi connectivity index (χ1) is 10.1. The molecule has 0 aliphatic rings. The summed E-state index contributed by atoms with van der Waals surface area (Å²) in [5.74, 6) is 0. The molecule has 1 N–H and O–H groups in total. The molecule has 0 amide bonds. The van der Waals surface area contributed by atoms with Crippen LogP contribution < -0.4 is 5.32 Å². The van der Waals surface area contributed by atoms with Gasteiger partial charge in [0, 0.05) is 20.0 Å². The van der Waals surface area contributed by atoms with Crippen LogP contribution in [-0.4, -0.2) is 6.54 Å². The topological polar surface area (TPSA) is 12.0 Å². The third-order valence-electron chi connectivity index (χ3n) is 3.30. The summed E-state index contributed by atoms with van der Waals surface area (Å²) in [4.78, 5) is 0. The zero-order chi connectivity index (χ0) is 15.2. The van der Waals surface area contributed by atoms with Crippen LogP contribution >= 0.6 is 43.5 Å². The van der Waals surface area contributed by atoms with Crippen molar-refractivity contribution in [3.05, 3.63) is 67.6 Å². The van der Waals surface area contributed by atoms with Gasteiger partial charge in [0.25, 0.3) is 0 Å². The predicted molar refractivity (Wildman–Crippen MR) is 98.0 cm³/mol. The lowest BCUT2D eigenvalue weighted by molar-refractivity contribution is 0.529. The molecule has 0 aliphatic heterocycles. The van der Waals surface area contributed by atoms with Crippen LogP contribution in [-0.2, 0) is 6.42 Å². The highest BCUT2D eigenvalue weighted by atomic mass is 79.9. The zero-order valence-electron chi connectivity index (χ0n) is 11.9. The van der Waals surface area contributed by atoms with E-state index >= 15 is 0 Å². The molecule has 21 heavy (non-hydrogen) atoms. The van der Waals surface area contributed by atoms with Gasteiger partial charge in [0.05, 0.1) is 0 Å². The Kier molecular flexibility index (Phi) is 6.74. The molecule has 0 aromatic heterocycles. The molecule has 2 rings (SSSR count).